The van der Waals surface area contributed by atoms with Crippen molar-refractivity contribution in [2.75, 3.05) is 11.9 Å². The SMILES string of the molecule is CC(C)(C)OC(=O)NC[C@@H](C(=O)Nc1cc2ccncc2s1)c1ccc(C(=O)OCc2ccccc2)cc1CO[N+](=O)[O-]. The molecule has 0 bridgehead atoms. The second kappa shape index (κ2) is 13.7. The molecule has 12 nitrogen and oxygen atoms in total. The smallest absolute Gasteiger partial charge is 0.407 e. The van der Waals surface area contributed by atoms with Crippen LogP contribution in [0.3, 0.4) is 0 Å². The largest absolute Gasteiger partial charge is 0.457 e. The zero-order valence-corrected chi connectivity index (χ0v) is 24.5. The fourth-order valence-electron chi connectivity index (χ4n) is 4.12. The average Bonchev–Trinajstić information content (AvgIpc) is 3.37. The molecule has 0 spiro atoms. The first-order valence-corrected chi connectivity index (χ1v) is 14.0. The number of anilines is 1. The Morgan fingerprint density at radius 1 is 1.05 bits per heavy atom. The predicted molar refractivity (Wildman–Crippen MR) is 159 cm³/mol. The van der Waals surface area contributed by atoms with E-state index in [1.165, 1.54) is 29.5 Å². The Bertz CT molecular complexity index is 1580. The van der Waals surface area contributed by atoms with Gasteiger partial charge in [-0.2, -0.15) is 0 Å². The van der Waals surface area contributed by atoms with Gasteiger partial charge in [-0.05, 0) is 67.1 Å². The minimum Gasteiger partial charge on any atom is -0.457 e. The predicted octanol–water partition coefficient (Wildman–Crippen LogP) is 5.61. The summed E-state index contributed by atoms with van der Waals surface area (Å²) in [6, 6.07) is 17.0. The molecule has 4 aromatic rings. The monoisotopic (exact) mass is 606 g/mol. The van der Waals surface area contributed by atoms with Gasteiger partial charge in [0.15, 0.2) is 0 Å². The molecular formula is C30H30N4O8S. The van der Waals surface area contributed by atoms with E-state index in [4.69, 9.17) is 9.47 Å². The van der Waals surface area contributed by atoms with Gasteiger partial charge in [-0.1, -0.05) is 36.4 Å². The number of amides is 2. The van der Waals surface area contributed by atoms with Crippen molar-refractivity contribution in [1.82, 2.24) is 10.3 Å². The van der Waals surface area contributed by atoms with Crippen LogP contribution in [0.2, 0.25) is 0 Å². The van der Waals surface area contributed by atoms with E-state index in [9.17, 15) is 24.5 Å². The normalized spacial score (nSPS) is 11.8. The van der Waals surface area contributed by atoms with Crippen LogP contribution in [0.25, 0.3) is 10.1 Å². The van der Waals surface area contributed by atoms with E-state index in [0.29, 0.717) is 10.6 Å². The summed E-state index contributed by atoms with van der Waals surface area (Å²) < 4.78 is 11.6. The van der Waals surface area contributed by atoms with Crippen LogP contribution in [0, 0.1) is 10.1 Å². The lowest BCUT2D eigenvalue weighted by molar-refractivity contribution is -0.763. The highest BCUT2D eigenvalue weighted by Gasteiger charge is 2.27. The van der Waals surface area contributed by atoms with Crippen molar-refractivity contribution in [2.24, 2.45) is 0 Å². The van der Waals surface area contributed by atoms with Gasteiger partial charge in [0.1, 0.15) is 18.8 Å². The molecule has 0 saturated heterocycles. The van der Waals surface area contributed by atoms with Crippen molar-refractivity contribution in [1.29, 1.82) is 0 Å². The fraction of sp³-hybridized carbons (Fsp3) is 0.267. The second-order valence-corrected chi connectivity index (χ2v) is 11.5. The van der Waals surface area contributed by atoms with Gasteiger partial charge in [-0.25, -0.2) is 9.59 Å². The molecule has 2 heterocycles. The van der Waals surface area contributed by atoms with Gasteiger partial charge in [0.05, 0.1) is 21.2 Å². The van der Waals surface area contributed by atoms with Gasteiger partial charge < -0.3 is 24.9 Å². The molecule has 224 valence electrons. The van der Waals surface area contributed by atoms with Crippen LogP contribution in [0.4, 0.5) is 9.80 Å². The van der Waals surface area contributed by atoms with Crippen LogP contribution in [0.15, 0.2) is 73.1 Å². The van der Waals surface area contributed by atoms with Crippen molar-refractivity contribution in [2.45, 2.75) is 45.5 Å². The summed E-state index contributed by atoms with van der Waals surface area (Å²) in [5, 5.41) is 17.0. The number of thiophene rings is 1. The summed E-state index contributed by atoms with van der Waals surface area (Å²) in [4.78, 5) is 58.8. The molecule has 2 aromatic heterocycles. The van der Waals surface area contributed by atoms with E-state index >= 15 is 0 Å². The number of nitrogens with one attached hydrogen (secondary N) is 2. The summed E-state index contributed by atoms with van der Waals surface area (Å²) >= 11 is 1.32. The van der Waals surface area contributed by atoms with E-state index < -0.39 is 41.2 Å². The van der Waals surface area contributed by atoms with Crippen LogP contribution in [-0.2, 0) is 32.3 Å². The minimum atomic E-state index is -1.05. The Balaban J connectivity index is 1.63. The summed E-state index contributed by atoms with van der Waals surface area (Å²) in [5.41, 5.74) is 0.610. The maximum atomic E-state index is 13.7. The number of carbonyl (C=O) groups is 3. The summed E-state index contributed by atoms with van der Waals surface area (Å²) in [5.74, 6) is -2.21. The van der Waals surface area contributed by atoms with E-state index in [1.54, 1.807) is 51.4 Å². The van der Waals surface area contributed by atoms with E-state index in [1.807, 2.05) is 24.3 Å². The molecule has 0 aliphatic carbocycles. The number of hydrogen-bond acceptors (Lipinski definition) is 10. The van der Waals surface area contributed by atoms with Gasteiger partial charge in [-0.3, -0.25) is 9.78 Å². The molecule has 0 saturated carbocycles. The Labute approximate surface area is 251 Å². The number of rotatable bonds is 11. The van der Waals surface area contributed by atoms with Crippen molar-refractivity contribution < 1.29 is 33.8 Å². The maximum Gasteiger partial charge on any atom is 0.407 e. The van der Waals surface area contributed by atoms with Crippen LogP contribution in [0.5, 0.6) is 0 Å². The molecule has 0 aliphatic rings. The molecule has 0 fully saturated rings. The average molecular weight is 607 g/mol. The lowest BCUT2D eigenvalue weighted by Gasteiger charge is -2.23. The lowest BCUT2D eigenvalue weighted by Crippen LogP contribution is -2.38. The van der Waals surface area contributed by atoms with Gasteiger partial charge in [0.25, 0.3) is 5.09 Å². The van der Waals surface area contributed by atoms with Crippen LogP contribution in [-0.4, -0.2) is 40.2 Å². The number of pyridine rings is 1. The number of hydrogen-bond donors (Lipinski definition) is 2. The maximum absolute atomic E-state index is 13.7. The van der Waals surface area contributed by atoms with E-state index in [-0.39, 0.29) is 24.3 Å². The summed E-state index contributed by atoms with van der Waals surface area (Å²) in [6.45, 7) is 4.38. The van der Waals surface area contributed by atoms with Gasteiger partial charge in [-0.15, -0.1) is 21.5 Å². The molecule has 0 aliphatic heterocycles. The molecule has 0 unspecified atom stereocenters. The van der Waals surface area contributed by atoms with Gasteiger partial charge >= 0.3 is 12.1 Å². The number of aromatic nitrogens is 1. The molecule has 2 aromatic carbocycles. The Hall–Kier alpha value is -5.04. The number of alkyl carbamates (subject to hydrolysis) is 1. The van der Waals surface area contributed by atoms with Crippen molar-refractivity contribution in [3.8, 4) is 0 Å². The fourth-order valence-corrected chi connectivity index (χ4v) is 5.06. The first kappa shape index (κ1) is 30.9. The zero-order chi connectivity index (χ0) is 31.0. The zero-order valence-electron chi connectivity index (χ0n) is 23.7. The highest BCUT2D eigenvalue weighted by Crippen LogP contribution is 2.31. The third-order valence-corrected chi connectivity index (χ3v) is 7.03. The first-order chi connectivity index (χ1) is 20.5. The molecule has 4 rings (SSSR count). The number of carbonyl (C=O) groups excluding carboxylic acids is 3. The third kappa shape index (κ3) is 8.97. The van der Waals surface area contributed by atoms with E-state index in [0.717, 1.165) is 15.6 Å². The summed E-state index contributed by atoms with van der Waals surface area (Å²) in [6.07, 6.45) is 2.57. The Morgan fingerprint density at radius 3 is 2.51 bits per heavy atom. The Kier molecular flexibility index (Phi) is 9.88. The highest BCUT2D eigenvalue weighted by molar-refractivity contribution is 7.22. The Morgan fingerprint density at radius 2 is 1.81 bits per heavy atom. The molecule has 2 amide bonds. The topological polar surface area (TPSA) is 159 Å². The molecule has 13 heteroatoms. The van der Waals surface area contributed by atoms with Crippen molar-refractivity contribution in [3.63, 3.8) is 0 Å². The number of fused-ring (bicyclic) bond motifs is 1. The van der Waals surface area contributed by atoms with Gasteiger partial charge in [0.2, 0.25) is 5.91 Å². The van der Waals surface area contributed by atoms with Crippen LogP contribution < -0.4 is 10.6 Å². The first-order valence-electron chi connectivity index (χ1n) is 13.2. The van der Waals surface area contributed by atoms with Crippen molar-refractivity contribution >= 4 is 44.4 Å². The number of benzene rings is 2. The molecule has 1 atom stereocenters. The highest BCUT2D eigenvalue weighted by atomic mass is 32.1. The standard InChI is InChI=1S/C30H30N4O8S/c1-30(2,3)42-29(37)32-15-24(27(35)33-26-14-20-11-12-31-16-25(20)43-26)23-10-9-21(13-22(23)18-41-34(38)39)28(36)40-17-19-7-5-4-6-8-19/h4-14,16,24H,15,17-18H2,1-3H3,(H,32,37)(H,33,35)/t24-/m1/s1. The number of esters is 1. The van der Waals surface area contributed by atoms with Crippen LogP contribution >= 0.6 is 11.3 Å². The molecule has 43 heavy (non-hydrogen) atoms. The van der Waals surface area contributed by atoms with Crippen molar-refractivity contribution in [3.05, 3.63) is 105 Å². The lowest BCUT2D eigenvalue weighted by atomic mass is 9.92. The number of ether oxygens (including phenoxy) is 2. The second-order valence-electron chi connectivity index (χ2n) is 10.4. The minimum absolute atomic E-state index is 0.0255. The van der Waals surface area contributed by atoms with Gasteiger partial charge in [0, 0.05) is 18.9 Å². The molecular weight excluding hydrogens is 576 g/mol. The van der Waals surface area contributed by atoms with Crippen LogP contribution in [0.1, 0.15) is 53.7 Å². The van der Waals surface area contributed by atoms with E-state index in [2.05, 4.69) is 20.5 Å². The third-order valence-electron chi connectivity index (χ3n) is 6.03. The molecule has 0 radical (unpaired) electrons. The number of nitrogens with zero attached hydrogens (tertiary/aromatic N) is 2. The quantitative estimate of drug-likeness (QED) is 0.126. The molecule has 2 N–H and O–H groups in total. The summed E-state index contributed by atoms with van der Waals surface area (Å²) in [7, 11) is 0.